The van der Waals surface area contributed by atoms with Crippen molar-refractivity contribution in [2.24, 2.45) is 0 Å². The van der Waals surface area contributed by atoms with Crippen molar-refractivity contribution in [3.8, 4) is 11.4 Å². The number of halogens is 1. The molecular formula is C18H22FN5O2S. The number of hydrogen-bond donors (Lipinski definition) is 2. The lowest BCUT2D eigenvalue weighted by Crippen LogP contribution is -2.43. The average Bonchev–Trinajstić information content (AvgIpc) is 3.39. The normalized spacial score (nSPS) is 14.6. The molecule has 3 amide bonds. The van der Waals surface area contributed by atoms with E-state index in [0.717, 1.165) is 19.3 Å². The Morgan fingerprint density at radius 1 is 1.33 bits per heavy atom. The Morgan fingerprint density at radius 2 is 2.07 bits per heavy atom. The number of aromatic nitrogens is 3. The summed E-state index contributed by atoms with van der Waals surface area (Å²) in [6.07, 6.45) is 2.72. The number of rotatable bonds is 7. The number of urea groups is 1. The van der Waals surface area contributed by atoms with Crippen molar-refractivity contribution < 1.29 is 14.0 Å². The molecule has 0 unspecified atom stereocenters. The van der Waals surface area contributed by atoms with E-state index in [1.54, 1.807) is 18.2 Å². The molecule has 27 heavy (non-hydrogen) atoms. The average molecular weight is 391 g/mol. The Hall–Kier alpha value is -2.42. The largest absolute Gasteiger partial charge is 0.335 e. The Morgan fingerprint density at radius 3 is 2.74 bits per heavy atom. The van der Waals surface area contributed by atoms with Crippen LogP contribution in [-0.2, 0) is 4.79 Å². The van der Waals surface area contributed by atoms with Gasteiger partial charge in [0.25, 0.3) is 0 Å². The molecule has 1 aliphatic rings. The fraction of sp³-hybridized carbons (Fsp3) is 0.444. The molecule has 1 aromatic heterocycles. The van der Waals surface area contributed by atoms with E-state index in [1.165, 1.54) is 17.8 Å². The molecule has 9 heteroatoms. The molecule has 1 fully saturated rings. The number of nitrogens with zero attached hydrogens (tertiary/aromatic N) is 3. The number of imide groups is 1. The minimum atomic E-state index is -0.509. The first kappa shape index (κ1) is 19.3. The third-order valence-electron chi connectivity index (χ3n) is 4.27. The molecule has 1 atom stereocenters. The highest BCUT2D eigenvalue weighted by atomic mass is 32.2. The van der Waals surface area contributed by atoms with Gasteiger partial charge >= 0.3 is 6.03 Å². The Bertz CT molecular complexity index is 837. The second kappa shape index (κ2) is 8.51. The van der Waals surface area contributed by atoms with Gasteiger partial charge in [-0.1, -0.05) is 30.8 Å². The van der Waals surface area contributed by atoms with Gasteiger partial charge in [-0.3, -0.25) is 14.7 Å². The van der Waals surface area contributed by atoms with E-state index in [0.29, 0.717) is 16.5 Å². The summed E-state index contributed by atoms with van der Waals surface area (Å²) in [5, 5.41) is 13.8. The van der Waals surface area contributed by atoms with Crippen LogP contribution in [0.5, 0.6) is 0 Å². The number of benzene rings is 1. The number of hydrogen-bond acceptors (Lipinski definition) is 5. The summed E-state index contributed by atoms with van der Waals surface area (Å²) in [5.74, 6) is -0.287. The van der Waals surface area contributed by atoms with Gasteiger partial charge in [0.15, 0.2) is 11.0 Å². The van der Waals surface area contributed by atoms with Gasteiger partial charge in [-0.05, 0) is 38.3 Å². The Labute approximate surface area is 161 Å². The number of amides is 3. The molecule has 7 nitrogen and oxygen atoms in total. The van der Waals surface area contributed by atoms with E-state index >= 15 is 0 Å². The van der Waals surface area contributed by atoms with Crippen LogP contribution in [0.4, 0.5) is 9.18 Å². The van der Waals surface area contributed by atoms with Crippen LogP contribution >= 0.6 is 11.8 Å². The highest BCUT2D eigenvalue weighted by Crippen LogP contribution is 2.41. The van der Waals surface area contributed by atoms with Crippen LogP contribution in [0.15, 0.2) is 29.4 Å². The molecule has 1 aliphatic carbocycles. The second-order valence-electron chi connectivity index (χ2n) is 6.51. The first-order chi connectivity index (χ1) is 13.0. The molecule has 3 rings (SSSR count). The molecule has 1 aromatic carbocycles. The minimum absolute atomic E-state index is 0.00764. The van der Waals surface area contributed by atoms with Crippen LogP contribution in [0, 0.1) is 5.82 Å². The standard InChI is InChI=1S/C18H22FN5O2S/c1-3-11(2)20-17(26)21-15(25)10-27-18-23-22-16(24(18)12-8-9-12)13-6-4-5-7-14(13)19/h4-7,11-12H,3,8-10H2,1-2H3,(H2,20,21,25,26)/t11-/m1/s1. The van der Waals surface area contributed by atoms with Crippen LogP contribution in [0.3, 0.4) is 0 Å². The molecule has 0 radical (unpaired) electrons. The highest BCUT2D eigenvalue weighted by Gasteiger charge is 2.31. The smallest absolute Gasteiger partial charge is 0.321 e. The monoisotopic (exact) mass is 391 g/mol. The lowest BCUT2D eigenvalue weighted by atomic mass is 10.2. The topological polar surface area (TPSA) is 88.9 Å². The SMILES string of the molecule is CC[C@@H](C)NC(=O)NC(=O)CSc1nnc(-c2ccccc2F)n1C1CC1. The summed E-state index contributed by atoms with van der Waals surface area (Å²) in [6.45, 7) is 3.81. The molecule has 1 heterocycles. The van der Waals surface area contributed by atoms with Crippen molar-refractivity contribution in [1.82, 2.24) is 25.4 Å². The van der Waals surface area contributed by atoms with Crippen LogP contribution in [0.1, 0.15) is 39.2 Å². The summed E-state index contributed by atoms with van der Waals surface area (Å²) in [6, 6.07) is 6.13. The van der Waals surface area contributed by atoms with Crippen molar-refractivity contribution in [3.05, 3.63) is 30.1 Å². The number of nitrogens with one attached hydrogen (secondary N) is 2. The Kier molecular flexibility index (Phi) is 6.10. The lowest BCUT2D eigenvalue weighted by Gasteiger charge is -2.12. The van der Waals surface area contributed by atoms with E-state index in [2.05, 4.69) is 20.8 Å². The maximum atomic E-state index is 14.1. The molecular weight excluding hydrogens is 369 g/mol. The lowest BCUT2D eigenvalue weighted by molar-refractivity contribution is -0.117. The predicted molar refractivity (Wildman–Crippen MR) is 101 cm³/mol. The third kappa shape index (κ3) is 4.85. The zero-order chi connectivity index (χ0) is 19.4. The number of thioether (sulfide) groups is 1. The second-order valence-corrected chi connectivity index (χ2v) is 7.45. The fourth-order valence-electron chi connectivity index (χ4n) is 2.52. The first-order valence-electron chi connectivity index (χ1n) is 8.92. The summed E-state index contributed by atoms with van der Waals surface area (Å²) in [7, 11) is 0. The van der Waals surface area contributed by atoms with Crippen molar-refractivity contribution in [2.75, 3.05) is 5.75 Å². The van der Waals surface area contributed by atoms with Gasteiger partial charge in [0.1, 0.15) is 5.82 Å². The zero-order valence-corrected chi connectivity index (χ0v) is 16.1. The van der Waals surface area contributed by atoms with Crippen LogP contribution < -0.4 is 10.6 Å². The van der Waals surface area contributed by atoms with E-state index in [-0.39, 0.29) is 23.7 Å². The van der Waals surface area contributed by atoms with Crippen molar-refractivity contribution in [2.45, 2.75) is 50.4 Å². The third-order valence-corrected chi connectivity index (χ3v) is 5.21. The van der Waals surface area contributed by atoms with Crippen molar-refractivity contribution in [3.63, 3.8) is 0 Å². The molecule has 0 aliphatic heterocycles. The van der Waals surface area contributed by atoms with Gasteiger partial charge in [-0.25, -0.2) is 9.18 Å². The van der Waals surface area contributed by atoms with E-state index < -0.39 is 11.9 Å². The van der Waals surface area contributed by atoms with E-state index in [4.69, 9.17) is 0 Å². The molecule has 2 N–H and O–H groups in total. The first-order valence-corrected chi connectivity index (χ1v) is 9.91. The van der Waals surface area contributed by atoms with Crippen molar-refractivity contribution in [1.29, 1.82) is 0 Å². The number of carbonyl (C=O) groups excluding carboxylic acids is 2. The highest BCUT2D eigenvalue weighted by molar-refractivity contribution is 7.99. The fourth-order valence-corrected chi connectivity index (χ4v) is 3.32. The van der Waals surface area contributed by atoms with Gasteiger partial charge in [-0.15, -0.1) is 10.2 Å². The maximum Gasteiger partial charge on any atom is 0.321 e. The summed E-state index contributed by atoms with van der Waals surface area (Å²) < 4.78 is 16.0. The molecule has 0 saturated heterocycles. The minimum Gasteiger partial charge on any atom is -0.335 e. The van der Waals surface area contributed by atoms with Gasteiger partial charge in [0, 0.05) is 12.1 Å². The van der Waals surface area contributed by atoms with Crippen LogP contribution in [0.2, 0.25) is 0 Å². The number of carbonyl (C=O) groups is 2. The van der Waals surface area contributed by atoms with Gasteiger partial charge < -0.3 is 5.32 Å². The summed E-state index contributed by atoms with van der Waals surface area (Å²) in [5.41, 5.74) is 0.390. The molecule has 144 valence electrons. The van der Waals surface area contributed by atoms with E-state index in [1.807, 2.05) is 18.4 Å². The predicted octanol–water partition coefficient (Wildman–Crippen LogP) is 3.14. The van der Waals surface area contributed by atoms with Crippen LogP contribution in [0.25, 0.3) is 11.4 Å². The van der Waals surface area contributed by atoms with Gasteiger partial charge in [0.2, 0.25) is 5.91 Å². The molecule has 2 aromatic rings. The van der Waals surface area contributed by atoms with Gasteiger partial charge in [0.05, 0.1) is 11.3 Å². The molecule has 1 saturated carbocycles. The maximum absolute atomic E-state index is 14.1. The molecule has 0 spiro atoms. The Balaban J connectivity index is 1.67. The summed E-state index contributed by atoms with van der Waals surface area (Å²) in [4.78, 5) is 23.7. The van der Waals surface area contributed by atoms with Crippen LogP contribution in [-0.4, -0.2) is 38.5 Å². The quantitative estimate of drug-likeness (QED) is 0.708. The van der Waals surface area contributed by atoms with Gasteiger partial charge in [-0.2, -0.15) is 0 Å². The van der Waals surface area contributed by atoms with E-state index in [9.17, 15) is 14.0 Å². The molecule has 0 bridgehead atoms. The van der Waals surface area contributed by atoms with Crippen molar-refractivity contribution >= 4 is 23.7 Å². The summed E-state index contributed by atoms with van der Waals surface area (Å²) >= 11 is 1.19. The zero-order valence-electron chi connectivity index (χ0n) is 15.2.